The maximum absolute atomic E-state index is 13.9. The van der Waals surface area contributed by atoms with Crippen molar-refractivity contribution in [2.24, 2.45) is 4.99 Å². The molecule has 210 valence electrons. The molecule has 0 bridgehead atoms. The maximum Gasteiger partial charge on any atom is 0.339 e. The van der Waals surface area contributed by atoms with E-state index in [2.05, 4.69) is 4.99 Å². The molecule has 3 aromatic carbocycles. The van der Waals surface area contributed by atoms with E-state index in [-0.39, 0.29) is 32.9 Å². The third kappa shape index (κ3) is 5.76. The second kappa shape index (κ2) is 11.5. The zero-order valence-corrected chi connectivity index (χ0v) is 24.7. The molecule has 2 heterocycles. The highest BCUT2D eigenvalue weighted by atomic mass is 35.5. The van der Waals surface area contributed by atoms with Gasteiger partial charge in [-0.3, -0.25) is 9.36 Å². The van der Waals surface area contributed by atoms with Crippen LogP contribution in [-0.4, -0.2) is 25.6 Å². The molecule has 1 aliphatic rings. The van der Waals surface area contributed by atoms with Crippen molar-refractivity contribution in [1.29, 1.82) is 0 Å². The predicted molar refractivity (Wildman–Crippen MR) is 157 cm³/mol. The number of benzene rings is 3. The van der Waals surface area contributed by atoms with Crippen LogP contribution in [0.3, 0.4) is 0 Å². The summed E-state index contributed by atoms with van der Waals surface area (Å²) in [6.07, 6.45) is 1.52. The molecule has 0 N–H and O–H groups in total. The van der Waals surface area contributed by atoms with Crippen molar-refractivity contribution in [3.8, 4) is 5.75 Å². The molecule has 1 aromatic heterocycles. The van der Waals surface area contributed by atoms with Gasteiger partial charge in [0.15, 0.2) is 4.80 Å². The van der Waals surface area contributed by atoms with Gasteiger partial charge in [-0.15, -0.1) is 0 Å². The summed E-state index contributed by atoms with van der Waals surface area (Å²) < 4.78 is 38.6. The Labute approximate surface area is 245 Å². The lowest BCUT2D eigenvalue weighted by Crippen LogP contribution is -2.39. The Bertz CT molecular complexity index is 1960. The molecule has 5 rings (SSSR count). The average Bonchev–Trinajstić information content (AvgIpc) is 3.24. The van der Waals surface area contributed by atoms with E-state index >= 15 is 0 Å². The van der Waals surface area contributed by atoms with Gasteiger partial charge in [0.25, 0.3) is 5.56 Å². The van der Waals surface area contributed by atoms with Gasteiger partial charge in [-0.2, -0.15) is 8.42 Å². The molecular weight excluding hydrogens is 584 g/mol. The van der Waals surface area contributed by atoms with Crippen LogP contribution in [0.5, 0.6) is 5.75 Å². The van der Waals surface area contributed by atoms with Gasteiger partial charge in [-0.25, -0.2) is 9.79 Å². The molecule has 8 nitrogen and oxygen atoms in total. The lowest BCUT2D eigenvalue weighted by molar-refractivity contribution is -0.139. The van der Waals surface area contributed by atoms with Gasteiger partial charge in [-0.1, -0.05) is 71.0 Å². The number of allylic oxidation sites excluding steroid dienone is 1. The summed E-state index contributed by atoms with van der Waals surface area (Å²) in [5.41, 5.74) is 2.21. The molecule has 0 amide bonds. The minimum absolute atomic E-state index is 0.00353. The minimum Gasteiger partial charge on any atom is -0.463 e. The molecule has 0 saturated heterocycles. The molecule has 1 unspecified atom stereocenters. The van der Waals surface area contributed by atoms with Gasteiger partial charge in [0.05, 0.1) is 28.5 Å². The molecule has 0 radical (unpaired) electrons. The van der Waals surface area contributed by atoms with Gasteiger partial charge in [-0.05, 0) is 62.7 Å². The van der Waals surface area contributed by atoms with Gasteiger partial charge in [0.1, 0.15) is 10.6 Å². The van der Waals surface area contributed by atoms with E-state index in [1.165, 1.54) is 41.0 Å². The predicted octanol–water partition coefficient (Wildman–Crippen LogP) is 4.53. The highest BCUT2D eigenvalue weighted by Gasteiger charge is 2.33. The summed E-state index contributed by atoms with van der Waals surface area (Å²) in [6, 6.07) is 19.1. The number of aromatic nitrogens is 1. The number of fused-ring (bicyclic) bond motifs is 1. The smallest absolute Gasteiger partial charge is 0.339 e. The number of hydrogen-bond acceptors (Lipinski definition) is 8. The van der Waals surface area contributed by atoms with Crippen LogP contribution < -0.4 is 19.1 Å². The second-order valence-corrected chi connectivity index (χ2v) is 12.2. The van der Waals surface area contributed by atoms with Crippen LogP contribution in [0.2, 0.25) is 5.02 Å². The number of carbonyl (C=O) groups excluding carboxylic acids is 1. The Balaban J connectivity index is 1.65. The lowest BCUT2D eigenvalue weighted by Gasteiger charge is -2.24. The Morgan fingerprint density at radius 1 is 1.07 bits per heavy atom. The lowest BCUT2D eigenvalue weighted by atomic mass is 9.96. The molecule has 1 aliphatic heterocycles. The Morgan fingerprint density at radius 3 is 2.46 bits per heavy atom. The van der Waals surface area contributed by atoms with E-state index in [9.17, 15) is 18.0 Å². The number of esters is 1. The molecule has 0 spiro atoms. The van der Waals surface area contributed by atoms with Crippen LogP contribution in [0.25, 0.3) is 6.08 Å². The number of aryl methyl sites for hydroxylation is 1. The fourth-order valence-electron chi connectivity index (χ4n) is 4.46. The van der Waals surface area contributed by atoms with E-state index in [1.807, 2.05) is 37.3 Å². The highest BCUT2D eigenvalue weighted by molar-refractivity contribution is 7.87. The molecular formula is C30H25ClN2O6S2. The summed E-state index contributed by atoms with van der Waals surface area (Å²) in [6.45, 7) is 5.44. The Hall–Kier alpha value is -3.99. The van der Waals surface area contributed by atoms with Crippen molar-refractivity contribution in [3.63, 3.8) is 0 Å². The zero-order chi connectivity index (χ0) is 29.3. The van der Waals surface area contributed by atoms with Crippen LogP contribution in [0.15, 0.2) is 98.7 Å². The van der Waals surface area contributed by atoms with Gasteiger partial charge in [0.2, 0.25) is 0 Å². The number of thiazole rings is 1. The number of carbonyl (C=O) groups is 1. The first-order chi connectivity index (χ1) is 19.6. The Morgan fingerprint density at radius 2 is 1.78 bits per heavy atom. The number of halogens is 1. The van der Waals surface area contributed by atoms with Crippen molar-refractivity contribution < 1.29 is 22.1 Å². The first-order valence-electron chi connectivity index (χ1n) is 12.6. The van der Waals surface area contributed by atoms with Crippen molar-refractivity contribution in [2.75, 3.05) is 6.61 Å². The number of hydrogen-bond donors (Lipinski definition) is 0. The minimum atomic E-state index is -4.16. The normalized spacial score (nSPS) is 15.3. The van der Waals surface area contributed by atoms with Crippen LogP contribution in [0.4, 0.5) is 0 Å². The van der Waals surface area contributed by atoms with E-state index in [4.69, 9.17) is 20.5 Å². The zero-order valence-electron chi connectivity index (χ0n) is 22.3. The van der Waals surface area contributed by atoms with E-state index in [0.29, 0.717) is 21.1 Å². The van der Waals surface area contributed by atoms with E-state index < -0.39 is 27.7 Å². The average molecular weight is 609 g/mol. The SMILES string of the molecule is CCOC(=O)C1=C(C)N=c2sc(=Cc3cc(Cl)ccc3OS(=O)(=O)c3ccc(C)cc3)c(=O)n2C1c1ccccc1. The van der Waals surface area contributed by atoms with Crippen molar-refractivity contribution >= 4 is 45.1 Å². The molecule has 4 aromatic rings. The highest BCUT2D eigenvalue weighted by Crippen LogP contribution is 2.31. The molecule has 0 fully saturated rings. The van der Waals surface area contributed by atoms with Crippen LogP contribution >= 0.6 is 22.9 Å². The fourth-order valence-corrected chi connectivity index (χ4v) is 6.63. The van der Waals surface area contributed by atoms with Crippen molar-refractivity contribution in [3.05, 3.63) is 125 Å². The Kier molecular flexibility index (Phi) is 7.99. The molecule has 0 saturated carbocycles. The first-order valence-corrected chi connectivity index (χ1v) is 15.2. The molecule has 11 heteroatoms. The molecule has 1 atom stereocenters. The number of rotatable bonds is 7. The summed E-state index contributed by atoms with van der Waals surface area (Å²) in [5.74, 6) is -0.549. The monoisotopic (exact) mass is 608 g/mol. The first kappa shape index (κ1) is 28.5. The number of nitrogens with zero attached hydrogens (tertiary/aromatic N) is 2. The molecule has 41 heavy (non-hydrogen) atoms. The summed E-state index contributed by atoms with van der Waals surface area (Å²) in [5, 5.41) is 0.326. The third-order valence-corrected chi connectivity index (χ3v) is 8.87. The molecule has 0 aliphatic carbocycles. The number of ether oxygens (including phenoxy) is 1. The van der Waals surface area contributed by atoms with Crippen LogP contribution in [-0.2, 0) is 19.6 Å². The quantitative estimate of drug-likeness (QED) is 0.226. The van der Waals surface area contributed by atoms with Gasteiger partial charge in [0, 0.05) is 10.6 Å². The third-order valence-electron chi connectivity index (χ3n) is 6.40. The van der Waals surface area contributed by atoms with Crippen LogP contribution in [0, 0.1) is 6.92 Å². The maximum atomic E-state index is 13.9. The standard InChI is InChI=1S/C30H25ClN2O6S2/c1-4-38-29(35)26-19(3)32-30-33(27(26)20-8-6-5-7-9-20)28(34)25(40-30)17-21-16-22(31)12-15-24(21)39-41(36,37)23-13-10-18(2)11-14-23/h5-17,27H,4H2,1-3H3. The largest absolute Gasteiger partial charge is 0.463 e. The summed E-state index contributed by atoms with van der Waals surface area (Å²) in [4.78, 5) is 31.8. The van der Waals surface area contributed by atoms with Crippen molar-refractivity contribution in [1.82, 2.24) is 4.57 Å². The van der Waals surface area contributed by atoms with E-state index in [0.717, 1.165) is 16.9 Å². The van der Waals surface area contributed by atoms with Gasteiger partial charge >= 0.3 is 16.1 Å². The van der Waals surface area contributed by atoms with Gasteiger partial charge < -0.3 is 8.92 Å². The van der Waals surface area contributed by atoms with E-state index in [1.54, 1.807) is 26.0 Å². The van der Waals surface area contributed by atoms with Crippen molar-refractivity contribution in [2.45, 2.75) is 31.7 Å². The summed E-state index contributed by atoms with van der Waals surface area (Å²) in [7, 11) is -4.16. The van der Waals surface area contributed by atoms with Crippen LogP contribution in [0.1, 0.15) is 36.6 Å². The topological polar surface area (TPSA) is 104 Å². The fraction of sp³-hybridized carbons (Fsp3) is 0.167. The summed E-state index contributed by atoms with van der Waals surface area (Å²) >= 11 is 7.36. The second-order valence-electron chi connectivity index (χ2n) is 9.25.